The highest BCUT2D eigenvalue weighted by atomic mass is 79.9. The molecule has 0 heterocycles. The van der Waals surface area contributed by atoms with Gasteiger partial charge in [-0.1, -0.05) is 31.4 Å². The van der Waals surface area contributed by atoms with E-state index in [1.165, 1.54) is 6.42 Å². The first kappa shape index (κ1) is 19.3. The lowest BCUT2D eigenvalue weighted by Gasteiger charge is -2.32. The van der Waals surface area contributed by atoms with Crippen molar-refractivity contribution in [1.29, 1.82) is 0 Å². The fourth-order valence-electron chi connectivity index (χ4n) is 2.62. The van der Waals surface area contributed by atoms with Gasteiger partial charge in [0.25, 0.3) is 0 Å². The summed E-state index contributed by atoms with van der Waals surface area (Å²) >= 11 is 3.44. The van der Waals surface area contributed by atoms with Gasteiger partial charge in [0.1, 0.15) is 11.9 Å². The van der Waals surface area contributed by atoms with Gasteiger partial charge in [0, 0.05) is 0 Å². The normalized spacial score (nSPS) is 18.0. The quantitative estimate of drug-likeness (QED) is 0.808. The van der Waals surface area contributed by atoms with E-state index < -0.39 is 5.54 Å². The van der Waals surface area contributed by atoms with Crippen LogP contribution in [0.15, 0.2) is 28.7 Å². The van der Waals surface area contributed by atoms with Crippen molar-refractivity contribution in [1.82, 2.24) is 5.32 Å². The van der Waals surface area contributed by atoms with Crippen molar-refractivity contribution < 1.29 is 9.53 Å². The minimum Gasteiger partial charge on any atom is -0.488 e. The van der Waals surface area contributed by atoms with E-state index in [-0.39, 0.29) is 24.4 Å². The van der Waals surface area contributed by atoms with Crippen LogP contribution in [-0.2, 0) is 4.79 Å². The number of ether oxygens (including phenoxy) is 1. The lowest BCUT2D eigenvalue weighted by atomic mass is 9.82. The molecule has 3 N–H and O–H groups in total. The summed E-state index contributed by atoms with van der Waals surface area (Å²) in [7, 11) is 0. The molecule has 0 aromatic heterocycles. The molecule has 6 heteroatoms. The second kappa shape index (κ2) is 8.75. The Kier molecular flexibility index (Phi) is 7.66. The number of halogens is 2. The van der Waals surface area contributed by atoms with Gasteiger partial charge in [-0.3, -0.25) is 4.79 Å². The maximum absolute atomic E-state index is 12.2. The summed E-state index contributed by atoms with van der Waals surface area (Å²) in [5.41, 5.74) is 5.52. The van der Waals surface area contributed by atoms with Crippen molar-refractivity contribution in [3.8, 4) is 5.75 Å². The lowest BCUT2D eigenvalue weighted by molar-refractivity contribution is -0.127. The molecule has 0 saturated heterocycles. The molecule has 2 rings (SSSR count). The Morgan fingerprint density at radius 2 is 2.00 bits per heavy atom. The van der Waals surface area contributed by atoms with E-state index in [0.29, 0.717) is 6.54 Å². The third-order valence-corrected chi connectivity index (χ3v) is 4.57. The molecule has 1 amide bonds. The molecule has 0 aliphatic heterocycles. The summed E-state index contributed by atoms with van der Waals surface area (Å²) in [5.74, 6) is 0.726. The summed E-state index contributed by atoms with van der Waals surface area (Å²) in [6.07, 6.45) is 4.68. The molecule has 1 unspecified atom stereocenters. The molecule has 4 nitrogen and oxygen atoms in total. The molecule has 22 heavy (non-hydrogen) atoms. The number of carbonyl (C=O) groups is 1. The fraction of sp³-hybridized carbons (Fsp3) is 0.562. The topological polar surface area (TPSA) is 64.4 Å². The van der Waals surface area contributed by atoms with Crippen molar-refractivity contribution in [2.24, 2.45) is 5.73 Å². The largest absolute Gasteiger partial charge is 0.488 e. The SMILES string of the molecule is CC(CNC(=O)C1(N)CCCCC1)Oc1ccccc1Br.Cl. The molecule has 1 saturated carbocycles. The van der Waals surface area contributed by atoms with Gasteiger partial charge in [-0.05, 0) is 47.8 Å². The average Bonchev–Trinajstić information content (AvgIpc) is 2.48. The molecule has 1 aliphatic carbocycles. The Balaban J connectivity index is 0.00000242. The molecule has 1 aromatic rings. The number of benzene rings is 1. The first-order valence-corrected chi connectivity index (χ1v) is 8.29. The molecule has 1 aliphatic rings. The van der Waals surface area contributed by atoms with Crippen LogP contribution in [-0.4, -0.2) is 24.1 Å². The number of hydrogen-bond donors (Lipinski definition) is 2. The van der Waals surface area contributed by atoms with E-state index in [1.54, 1.807) is 0 Å². The van der Waals surface area contributed by atoms with Crippen molar-refractivity contribution in [3.05, 3.63) is 28.7 Å². The molecule has 0 bridgehead atoms. The van der Waals surface area contributed by atoms with Gasteiger partial charge in [0.2, 0.25) is 5.91 Å². The second-order valence-electron chi connectivity index (χ2n) is 5.79. The predicted octanol–water partition coefficient (Wildman–Crippen LogP) is 3.42. The van der Waals surface area contributed by atoms with Crippen molar-refractivity contribution in [2.45, 2.75) is 50.7 Å². The van der Waals surface area contributed by atoms with Crippen LogP contribution in [0.2, 0.25) is 0 Å². The van der Waals surface area contributed by atoms with Crippen molar-refractivity contribution in [3.63, 3.8) is 0 Å². The minimum absolute atomic E-state index is 0. The molecule has 0 spiro atoms. The third kappa shape index (κ3) is 5.14. The zero-order chi connectivity index (χ0) is 15.3. The Morgan fingerprint density at radius 1 is 1.36 bits per heavy atom. The number of nitrogens with two attached hydrogens (primary N) is 1. The maximum Gasteiger partial charge on any atom is 0.240 e. The van der Waals surface area contributed by atoms with Crippen LogP contribution >= 0.6 is 28.3 Å². The highest BCUT2D eigenvalue weighted by Crippen LogP contribution is 2.26. The van der Waals surface area contributed by atoms with Crippen LogP contribution in [0.1, 0.15) is 39.0 Å². The number of carbonyl (C=O) groups excluding carboxylic acids is 1. The summed E-state index contributed by atoms with van der Waals surface area (Å²) < 4.78 is 6.72. The first-order valence-electron chi connectivity index (χ1n) is 7.50. The maximum atomic E-state index is 12.2. The van der Waals surface area contributed by atoms with Crippen molar-refractivity contribution in [2.75, 3.05) is 6.54 Å². The van der Waals surface area contributed by atoms with E-state index in [4.69, 9.17) is 10.5 Å². The Hall–Kier alpha value is -0.780. The zero-order valence-corrected chi connectivity index (χ0v) is 15.2. The van der Waals surface area contributed by atoms with Gasteiger partial charge in [0.05, 0.1) is 16.6 Å². The van der Waals surface area contributed by atoms with Crippen molar-refractivity contribution >= 4 is 34.2 Å². The Bertz CT molecular complexity index is 493. The number of para-hydroxylation sites is 1. The molecule has 0 radical (unpaired) electrons. The van der Waals surface area contributed by atoms with Gasteiger partial charge in [-0.2, -0.15) is 0 Å². The summed E-state index contributed by atoms with van der Waals surface area (Å²) in [6, 6.07) is 7.68. The number of amides is 1. The van der Waals surface area contributed by atoms with Gasteiger partial charge in [-0.15, -0.1) is 12.4 Å². The van der Waals surface area contributed by atoms with Gasteiger partial charge >= 0.3 is 0 Å². The van der Waals surface area contributed by atoms with Crippen LogP contribution in [0.25, 0.3) is 0 Å². The van der Waals surface area contributed by atoms with Crippen LogP contribution < -0.4 is 15.8 Å². The highest BCUT2D eigenvalue weighted by Gasteiger charge is 2.35. The fourth-order valence-corrected chi connectivity index (χ4v) is 3.00. The minimum atomic E-state index is -0.689. The van der Waals surface area contributed by atoms with Crippen LogP contribution in [0.4, 0.5) is 0 Å². The van der Waals surface area contributed by atoms with Gasteiger partial charge in [0.15, 0.2) is 0 Å². The third-order valence-electron chi connectivity index (χ3n) is 3.91. The smallest absolute Gasteiger partial charge is 0.240 e. The van der Waals surface area contributed by atoms with E-state index in [1.807, 2.05) is 31.2 Å². The summed E-state index contributed by atoms with van der Waals surface area (Å²) in [4.78, 5) is 12.2. The van der Waals surface area contributed by atoms with Crippen LogP contribution in [0.5, 0.6) is 5.75 Å². The first-order chi connectivity index (χ1) is 10.0. The van der Waals surface area contributed by atoms with E-state index in [0.717, 1.165) is 35.9 Å². The summed E-state index contributed by atoms with van der Waals surface area (Å²) in [6.45, 7) is 2.39. The second-order valence-corrected chi connectivity index (χ2v) is 6.64. The highest BCUT2D eigenvalue weighted by molar-refractivity contribution is 9.10. The summed E-state index contributed by atoms with van der Waals surface area (Å²) in [5, 5.41) is 2.93. The number of hydrogen-bond acceptors (Lipinski definition) is 3. The Labute approximate surface area is 146 Å². The standard InChI is InChI=1S/C16H23BrN2O2.ClH/c1-12(21-14-8-4-3-7-13(14)17)11-19-15(20)16(18)9-5-2-6-10-16;/h3-4,7-8,12H,2,5-6,9-11,18H2,1H3,(H,19,20);1H. The molecular weight excluding hydrogens is 368 g/mol. The molecule has 124 valence electrons. The monoisotopic (exact) mass is 390 g/mol. The van der Waals surface area contributed by atoms with Gasteiger partial charge < -0.3 is 15.8 Å². The molecule has 1 aromatic carbocycles. The molecule has 1 atom stereocenters. The van der Waals surface area contributed by atoms with E-state index in [2.05, 4.69) is 21.2 Å². The predicted molar refractivity (Wildman–Crippen MR) is 94.5 cm³/mol. The van der Waals surface area contributed by atoms with Gasteiger partial charge in [-0.25, -0.2) is 0 Å². The van der Waals surface area contributed by atoms with E-state index >= 15 is 0 Å². The zero-order valence-electron chi connectivity index (χ0n) is 12.8. The lowest BCUT2D eigenvalue weighted by Crippen LogP contribution is -2.56. The average molecular weight is 392 g/mol. The van der Waals surface area contributed by atoms with E-state index in [9.17, 15) is 4.79 Å². The molecule has 1 fully saturated rings. The van der Waals surface area contributed by atoms with Crippen LogP contribution in [0, 0.1) is 0 Å². The Morgan fingerprint density at radius 3 is 2.64 bits per heavy atom. The molecular formula is C16H24BrClN2O2. The van der Waals surface area contributed by atoms with Crippen LogP contribution in [0.3, 0.4) is 0 Å². The number of nitrogens with one attached hydrogen (secondary N) is 1. The number of rotatable bonds is 5.